The summed E-state index contributed by atoms with van der Waals surface area (Å²) in [6.07, 6.45) is 2.62. The molecule has 0 amide bonds. The zero-order valence-corrected chi connectivity index (χ0v) is 19.2. The standard InChI is InChI=1S/C23H17BrClN3OS/c1-30-21-14-23(16-8-10-17(24)11-9-16)28(20-5-3-2-4-19(20)26-21)22(27-29-23)15-6-12-18(25)13-7-15/h2-13H,14H2,1H3. The number of rotatable bonds is 2. The summed E-state index contributed by atoms with van der Waals surface area (Å²) in [5.74, 6) is 0.736. The van der Waals surface area contributed by atoms with E-state index >= 15 is 0 Å². The van der Waals surface area contributed by atoms with E-state index in [-0.39, 0.29) is 0 Å². The first-order valence-electron chi connectivity index (χ1n) is 9.40. The van der Waals surface area contributed by atoms with E-state index in [4.69, 9.17) is 21.4 Å². The summed E-state index contributed by atoms with van der Waals surface area (Å²) in [5.41, 5.74) is 2.96. The molecule has 1 unspecified atom stereocenters. The van der Waals surface area contributed by atoms with Crippen molar-refractivity contribution in [1.82, 2.24) is 0 Å². The number of aliphatic imine (C=N–C) groups is 1. The molecule has 0 saturated heterocycles. The number of oxime groups is 1. The first-order chi connectivity index (χ1) is 14.6. The average molecular weight is 499 g/mol. The number of benzene rings is 3. The maximum Gasteiger partial charge on any atom is 0.247 e. The van der Waals surface area contributed by atoms with Gasteiger partial charge >= 0.3 is 0 Å². The van der Waals surface area contributed by atoms with E-state index in [0.717, 1.165) is 37.9 Å². The molecule has 0 aliphatic carbocycles. The molecular formula is C23H17BrClN3OS. The van der Waals surface area contributed by atoms with E-state index < -0.39 is 5.72 Å². The third kappa shape index (κ3) is 3.23. The van der Waals surface area contributed by atoms with Crippen molar-refractivity contribution >= 4 is 61.5 Å². The topological polar surface area (TPSA) is 37.2 Å². The fourth-order valence-electron chi connectivity index (χ4n) is 3.81. The van der Waals surface area contributed by atoms with Gasteiger partial charge in [0.1, 0.15) is 0 Å². The van der Waals surface area contributed by atoms with Crippen LogP contribution in [0.4, 0.5) is 11.4 Å². The Morgan fingerprint density at radius 3 is 2.50 bits per heavy atom. The molecule has 2 heterocycles. The lowest BCUT2D eigenvalue weighted by Crippen LogP contribution is -2.47. The van der Waals surface area contributed by atoms with Crippen LogP contribution in [-0.4, -0.2) is 17.1 Å². The molecule has 0 fully saturated rings. The molecular weight excluding hydrogens is 482 g/mol. The molecule has 3 aromatic rings. The van der Waals surface area contributed by atoms with Gasteiger partial charge in [-0.15, -0.1) is 11.8 Å². The zero-order valence-electron chi connectivity index (χ0n) is 16.0. The van der Waals surface area contributed by atoms with Crippen LogP contribution in [0.15, 0.2) is 87.4 Å². The minimum atomic E-state index is -0.829. The molecule has 150 valence electrons. The monoisotopic (exact) mass is 497 g/mol. The van der Waals surface area contributed by atoms with Crippen LogP contribution in [0.25, 0.3) is 0 Å². The summed E-state index contributed by atoms with van der Waals surface area (Å²) in [7, 11) is 0. The van der Waals surface area contributed by atoms with Gasteiger partial charge in [0.25, 0.3) is 0 Å². The highest BCUT2D eigenvalue weighted by Crippen LogP contribution is 2.49. The van der Waals surface area contributed by atoms with Gasteiger partial charge in [0.05, 0.1) is 22.8 Å². The zero-order chi connectivity index (χ0) is 20.7. The second kappa shape index (κ2) is 7.76. The van der Waals surface area contributed by atoms with Gasteiger partial charge in [-0.3, -0.25) is 4.90 Å². The Kier molecular flexibility index (Phi) is 5.09. The van der Waals surface area contributed by atoms with Gasteiger partial charge in [-0.1, -0.05) is 57.0 Å². The van der Waals surface area contributed by atoms with Crippen LogP contribution in [0.3, 0.4) is 0 Å². The molecule has 0 spiro atoms. The van der Waals surface area contributed by atoms with Gasteiger partial charge in [-0.25, -0.2) is 4.99 Å². The van der Waals surface area contributed by atoms with Gasteiger partial charge < -0.3 is 4.84 Å². The smallest absolute Gasteiger partial charge is 0.247 e. The number of anilines is 1. The Bertz CT molecular complexity index is 1160. The summed E-state index contributed by atoms with van der Waals surface area (Å²) in [4.78, 5) is 13.4. The van der Waals surface area contributed by atoms with Crippen molar-refractivity contribution in [2.24, 2.45) is 10.1 Å². The van der Waals surface area contributed by atoms with E-state index in [1.54, 1.807) is 11.8 Å². The molecule has 2 aliphatic heterocycles. The Hall–Kier alpha value is -2.28. The van der Waals surface area contributed by atoms with Crippen molar-refractivity contribution in [1.29, 1.82) is 0 Å². The maximum absolute atomic E-state index is 6.31. The van der Waals surface area contributed by atoms with Crippen molar-refractivity contribution in [3.63, 3.8) is 0 Å². The Balaban J connectivity index is 1.75. The van der Waals surface area contributed by atoms with Gasteiger partial charge in [0.2, 0.25) is 5.72 Å². The second-order valence-corrected chi connectivity index (χ2v) is 9.25. The molecule has 0 N–H and O–H groups in total. The van der Waals surface area contributed by atoms with Crippen LogP contribution in [-0.2, 0) is 10.6 Å². The number of hydrogen-bond acceptors (Lipinski definition) is 5. The van der Waals surface area contributed by atoms with E-state index in [2.05, 4.69) is 44.2 Å². The number of para-hydroxylation sites is 2. The fourth-order valence-corrected chi connectivity index (χ4v) is 4.73. The highest BCUT2D eigenvalue weighted by molar-refractivity contribution is 9.10. The molecule has 4 nitrogen and oxygen atoms in total. The van der Waals surface area contributed by atoms with E-state index in [1.807, 2.05) is 60.9 Å². The predicted molar refractivity (Wildman–Crippen MR) is 129 cm³/mol. The average Bonchev–Trinajstić information content (AvgIpc) is 3.07. The second-order valence-electron chi connectivity index (χ2n) is 7.01. The SMILES string of the molecule is CSC1=Nc2ccccc2N2C(c3ccc(Cl)cc3)=NOC2(c2ccc(Br)cc2)C1. The molecule has 0 radical (unpaired) electrons. The number of halogens is 2. The first-order valence-corrected chi connectivity index (χ1v) is 11.8. The van der Waals surface area contributed by atoms with Crippen LogP contribution in [0, 0.1) is 0 Å². The lowest BCUT2D eigenvalue weighted by Gasteiger charge is -2.37. The fraction of sp³-hybridized carbons (Fsp3) is 0.130. The maximum atomic E-state index is 6.31. The largest absolute Gasteiger partial charge is 0.359 e. The Morgan fingerprint density at radius 1 is 1.03 bits per heavy atom. The Morgan fingerprint density at radius 2 is 1.77 bits per heavy atom. The summed E-state index contributed by atoms with van der Waals surface area (Å²) in [6.45, 7) is 0. The predicted octanol–water partition coefficient (Wildman–Crippen LogP) is 6.95. The van der Waals surface area contributed by atoms with Crippen molar-refractivity contribution in [3.05, 3.63) is 93.4 Å². The van der Waals surface area contributed by atoms with Crippen LogP contribution in [0.5, 0.6) is 0 Å². The minimum Gasteiger partial charge on any atom is -0.359 e. The number of thioether (sulfide) groups is 1. The number of nitrogens with zero attached hydrogens (tertiary/aromatic N) is 3. The summed E-state index contributed by atoms with van der Waals surface area (Å²) in [5, 5.41) is 6.25. The lowest BCUT2D eigenvalue weighted by molar-refractivity contribution is -0.0148. The Labute approximate surface area is 192 Å². The van der Waals surface area contributed by atoms with Crippen molar-refractivity contribution < 1.29 is 4.84 Å². The van der Waals surface area contributed by atoms with Crippen LogP contribution in [0.2, 0.25) is 5.02 Å². The molecule has 0 bridgehead atoms. The van der Waals surface area contributed by atoms with Crippen LogP contribution >= 0.6 is 39.3 Å². The molecule has 0 aromatic heterocycles. The van der Waals surface area contributed by atoms with Crippen LogP contribution < -0.4 is 4.90 Å². The highest BCUT2D eigenvalue weighted by atomic mass is 79.9. The molecule has 3 aromatic carbocycles. The quantitative estimate of drug-likeness (QED) is 0.383. The normalized spacial score (nSPS) is 19.9. The molecule has 7 heteroatoms. The van der Waals surface area contributed by atoms with Crippen LogP contribution in [0.1, 0.15) is 17.5 Å². The summed E-state index contributed by atoms with van der Waals surface area (Å²) in [6, 6.07) is 24.0. The molecule has 0 saturated carbocycles. The number of hydrogen-bond donors (Lipinski definition) is 0. The third-order valence-corrected chi connectivity index (χ3v) is 6.74. The first kappa shape index (κ1) is 19.7. The lowest BCUT2D eigenvalue weighted by atomic mass is 9.96. The van der Waals surface area contributed by atoms with Gasteiger partial charge in [-0.2, -0.15) is 0 Å². The number of fused-ring (bicyclic) bond motifs is 3. The molecule has 30 heavy (non-hydrogen) atoms. The van der Waals surface area contributed by atoms with Crippen molar-refractivity contribution in [2.45, 2.75) is 12.1 Å². The molecule has 1 atom stereocenters. The van der Waals surface area contributed by atoms with E-state index in [1.165, 1.54) is 0 Å². The van der Waals surface area contributed by atoms with Crippen molar-refractivity contribution in [2.75, 3.05) is 11.2 Å². The molecule has 2 aliphatic rings. The summed E-state index contributed by atoms with van der Waals surface area (Å²) >= 11 is 11.3. The van der Waals surface area contributed by atoms with Gasteiger partial charge in [0, 0.05) is 20.6 Å². The van der Waals surface area contributed by atoms with Gasteiger partial charge in [0.15, 0.2) is 5.84 Å². The summed E-state index contributed by atoms with van der Waals surface area (Å²) < 4.78 is 1.01. The molecule has 5 rings (SSSR count). The highest BCUT2D eigenvalue weighted by Gasteiger charge is 2.51. The van der Waals surface area contributed by atoms with Crippen molar-refractivity contribution in [3.8, 4) is 0 Å². The third-order valence-electron chi connectivity index (χ3n) is 5.25. The van der Waals surface area contributed by atoms with E-state index in [0.29, 0.717) is 11.4 Å². The minimum absolute atomic E-state index is 0.574. The van der Waals surface area contributed by atoms with Gasteiger partial charge in [-0.05, 0) is 54.8 Å². The number of amidine groups is 1. The van der Waals surface area contributed by atoms with E-state index in [9.17, 15) is 0 Å².